The van der Waals surface area contributed by atoms with Crippen LogP contribution in [0.5, 0.6) is 5.75 Å². The Balaban J connectivity index is 2.31. The summed E-state index contributed by atoms with van der Waals surface area (Å²) in [5, 5.41) is 14.4. The second kappa shape index (κ2) is 4.60. The highest BCUT2D eigenvalue weighted by molar-refractivity contribution is 7.13. The number of aliphatic hydroxyl groups excluding tert-OH is 1. The van der Waals surface area contributed by atoms with Gasteiger partial charge >= 0.3 is 0 Å². The summed E-state index contributed by atoms with van der Waals surface area (Å²) in [6.45, 7) is -0.222. The average molecular weight is 241 g/mol. The van der Waals surface area contributed by atoms with Gasteiger partial charge in [-0.2, -0.15) is 4.98 Å². The SMILES string of the molecule is COc1ccsc1-c1nc(C(N)CO)no1. The lowest BCUT2D eigenvalue weighted by molar-refractivity contribution is 0.260. The Morgan fingerprint density at radius 3 is 3.19 bits per heavy atom. The molecule has 0 amide bonds. The van der Waals surface area contributed by atoms with Crippen molar-refractivity contribution in [2.45, 2.75) is 6.04 Å². The standard InChI is InChI=1S/C9H11N3O3S/c1-14-6-2-3-16-7(6)9-11-8(12-15-9)5(10)4-13/h2-3,5,13H,4,10H2,1H3. The van der Waals surface area contributed by atoms with E-state index in [0.29, 0.717) is 11.6 Å². The Hall–Kier alpha value is -1.44. The molecule has 0 aliphatic heterocycles. The van der Waals surface area contributed by atoms with Crippen molar-refractivity contribution in [3.05, 3.63) is 17.3 Å². The van der Waals surface area contributed by atoms with E-state index in [4.69, 9.17) is 20.1 Å². The monoisotopic (exact) mass is 241 g/mol. The molecule has 0 fully saturated rings. The van der Waals surface area contributed by atoms with Crippen LogP contribution in [0.15, 0.2) is 16.0 Å². The molecule has 0 saturated carbocycles. The second-order valence-corrected chi connectivity index (χ2v) is 3.98. The van der Waals surface area contributed by atoms with E-state index in [2.05, 4.69) is 10.1 Å². The number of hydrogen-bond donors (Lipinski definition) is 2. The normalized spacial score (nSPS) is 12.7. The van der Waals surface area contributed by atoms with Crippen molar-refractivity contribution in [3.63, 3.8) is 0 Å². The fourth-order valence-corrected chi connectivity index (χ4v) is 1.95. The summed E-state index contributed by atoms with van der Waals surface area (Å²) in [7, 11) is 1.57. The summed E-state index contributed by atoms with van der Waals surface area (Å²) in [5.74, 6) is 1.32. The molecule has 2 aromatic rings. The highest BCUT2D eigenvalue weighted by atomic mass is 32.1. The number of ether oxygens (including phenoxy) is 1. The van der Waals surface area contributed by atoms with Crippen LogP contribution < -0.4 is 10.5 Å². The molecule has 0 radical (unpaired) electrons. The number of hydrogen-bond acceptors (Lipinski definition) is 7. The maximum absolute atomic E-state index is 8.86. The molecule has 2 aromatic heterocycles. The van der Waals surface area contributed by atoms with Crippen LogP contribution in [0, 0.1) is 0 Å². The van der Waals surface area contributed by atoms with Crippen molar-refractivity contribution in [2.75, 3.05) is 13.7 Å². The molecule has 0 saturated heterocycles. The molecule has 6 nitrogen and oxygen atoms in total. The Morgan fingerprint density at radius 1 is 1.69 bits per heavy atom. The van der Waals surface area contributed by atoms with Gasteiger partial charge in [0.25, 0.3) is 5.89 Å². The average Bonchev–Trinajstić information content (AvgIpc) is 2.95. The van der Waals surface area contributed by atoms with E-state index in [1.54, 1.807) is 7.11 Å². The van der Waals surface area contributed by atoms with Gasteiger partial charge in [-0.25, -0.2) is 0 Å². The third-order valence-electron chi connectivity index (χ3n) is 2.01. The van der Waals surface area contributed by atoms with E-state index in [1.807, 2.05) is 11.4 Å². The van der Waals surface area contributed by atoms with E-state index in [0.717, 1.165) is 4.88 Å². The van der Waals surface area contributed by atoms with Crippen molar-refractivity contribution in [1.29, 1.82) is 0 Å². The summed E-state index contributed by atoms with van der Waals surface area (Å²) < 4.78 is 10.2. The Morgan fingerprint density at radius 2 is 2.50 bits per heavy atom. The molecule has 0 bridgehead atoms. The summed E-state index contributed by atoms with van der Waals surface area (Å²) in [4.78, 5) is 4.86. The fraction of sp³-hybridized carbons (Fsp3) is 0.333. The van der Waals surface area contributed by atoms with E-state index in [-0.39, 0.29) is 12.4 Å². The molecule has 3 N–H and O–H groups in total. The second-order valence-electron chi connectivity index (χ2n) is 3.06. The maximum atomic E-state index is 8.86. The molecule has 0 aliphatic carbocycles. The first-order chi connectivity index (χ1) is 7.76. The number of methoxy groups -OCH3 is 1. The zero-order valence-corrected chi connectivity index (χ0v) is 9.40. The minimum absolute atomic E-state index is 0.222. The van der Waals surface area contributed by atoms with Crippen LogP contribution >= 0.6 is 11.3 Å². The molecule has 0 aliphatic rings. The van der Waals surface area contributed by atoms with Crippen molar-refractivity contribution >= 4 is 11.3 Å². The van der Waals surface area contributed by atoms with Crippen LogP contribution in [0.1, 0.15) is 11.9 Å². The first-order valence-corrected chi connectivity index (χ1v) is 5.46. The lowest BCUT2D eigenvalue weighted by Crippen LogP contribution is -2.15. The van der Waals surface area contributed by atoms with Crippen molar-refractivity contribution in [1.82, 2.24) is 10.1 Å². The van der Waals surface area contributed by atoms with Gasteiger partial charge in [0.05, 0.1) is 19.8 Å². The summed E-state index contributed by atoms with van der Waals surface area (Å²) >= 11 is 1.44. The van der Waals surface area contributed by atoms with Gasteiger partial charge in [-0.15, -0.1) is 11.3 Å². The van der Waals surface area contributed by atoms with Crippen molar-refractivity contribution in [2.24, 2.45) is 5.73 Å². The van der Waals surface area contributed by atoms with E-state index in [1.165, 1.54) is 11.3 Å². The van der Waals surface area contributed by atoms with Crippen LogP contribution in [0.3, 0.4) is 0 Å². The molecule has 1 atom stereocenters. The molecule has 2 heterocycles. The summed E-state index contributed by atoms with van der Waals surface area (Å²) in [6.07, 6.45) is 0. The van der Waals surface area contributed by atoms with Crippen LogP contribution in [0.25, 0.3) is 10.8 Å². The number of rotatable bonds is 4. The Bertz CT molecular complexity index is 468. The largest absolute Gasteiger partial charge is 0.495 e. The van der Waals surface area contributed by atoms with Gasteiger partial charge < -0.3 is 20.1 Å². The highest BCUT2D eigenvalue weighted by Gasteiger charge is 2.18. The van der Waals surface area contributed by atoms with Crippen LogP contribution in [0.2, 0.25) is 0 Å². The van der Waals surface area contributed by atoms with Gasteiger partial charge in [-0.1, -0.05) is 5.16 Å². The highest BCUT2D eigenvalue weighted by Crippen LogP contribution is 2.34. The molecule has 0 aromatic carbocycles. The van der Waals surface area contributed by atoms with Gasteiger partial charge in [0.1, 0.15) is 10.6 Å². The zero-order valence-electron chi connectivity index (χ0n) is 8.58. The molecule has 2 rings (SSSR count). The minimum Gasteiger partial charge on any atom is -0.495 e. The molecule has 86 valence electrons. The Kier molecular flexibility index (Phi) is 3.18. The maximum Gasteiger partial charge on any atom is 0.271 e. The lowest BCUT2D eigenvalue weighted by atomic mass is 10.3. The van der Waals surface area contributed by atoms with Crippen LogP contribution in [-0.2, 0) is 0 Å². The van der Waals surface area contributed by atoms with Gasteiger partial charge in [0.15, 0.2) is 5.82 Å². The number of nitrogens with zero attached hydrogens (tertiary/aromatic N) is 2. The number of aliphatic hydroxyl groups is 1. The predicted octanol–water partition coefficient (Wildman–Crippen LogP) is 0.799. The third-order valence-corrected chi connectivity index (χ3v) is 2.90. The van der Waals surface area contributed by atoms with E-state index >= 15 is 0 Å². The predicted molar refractivity (Wildman–Crippen MR) is 58.2 cm³/mol. The van der Waals surface area contributed by atoms with Crippen molar-refractivity contribution < 1.29 is 14.4 Å². The van der Waals surface area contributed by atoms with Crippen LogP contribution in [-0.4, -0.2) is 29.0 Å². The molecule has 16 heavy (non-hydrogen) atoms. The number of nitrogens with two attached hydrogens (primary N) is 1. The molecule has 0 spiro atoms. The minimum atomic E-state index is -0.622. The quantitative estimate of drug-likeness (QED) is 0.822. The van der Waals surface area contributed by atoms with E-state index in [9.17, 15) is 0 Å². The van der Waals surface area contributed by atoms with Crippen LogP contribution in [0.4, 0.5) is 0 Å². The number of aromatic nitrogens is 2. The van der Waals surface area contributed by atoms with Gasteiger partial charge in [0, 0.05) is 0 Å². The molecule has 7 heteroatoms. The zero-order chi connectivity index (χ0) is 11.5. The fourth-order valence-electron chi connectivity index (χ4n) is 1.17. The van der Waals surface area contributed by atoms with Gasteiger partial charge in [-0.3, -0.25) is 0 Å². The Labute approximate surface area is 95.7 Å². The first kappa shape index (κ1) is 11.1. The van der Waals surface area contributed by atoms with Crippen molar-refractivity contribution in [3.8, 4) is 16.5 Å². The van der Waals surface area contributed by atoms with Gasteiger partial charge in [0.2, 0.25) is 0 Å². The third kappa shape index (κ3) is 1.92. The smallest absolute Gasteiger partial charge is 0.271 e. The number of thiophene rings is 1. The summed E-state index contributed by atoms with van der Waals surface area (Å²) in [6, 6.07) is 1.19. The van der Waals surface area contributed by atoms with E-state index < -0.39 is 6.04 Å². The molecular formula is C9H11N3O3S. The summed E-state index contributed by atoms with van der Waals surface area (Å²) in [5.41, 5.74) is 5.57. The van der Waals surface area contributed by atoms with Gasteiger partial charge in [-0.05, 0) is 11.4 Å². The molecular weight excluding hydrogens is 230 g/mol. The first-order valence-electron chi connectivity index (χ1n) is 4.58. The molecule has 1 unspecified atom stereocenters. The lowest BCUT2D eigenvalue weighted by Gasteiger charge is -1.99. The topological polar surface area (TPSA) is 94.4 Å².